The standard InChI is InChI=1S/C18H27N5O2/c1-18(2,3)23-12-13(11-19)10-15(23)20-16(24)14-6-8-22(9-7-14)17(25)21(4)5/h10,12,14H,6-9H2,1-5H3,(H,20,24). The SMILES string of the molecule is CN(C)C(=O)N1CCC(C(=O)Nc2cc(C#N)cn2C(C)(C)C)CC1. The van der Waals surface area contributed by atoms with Gasteiger partial charge in [0, 0.05) is 44.8 Å². The van der Waals surface area contributed by atoms with Crippen molar-refractivity contribution in [3.05, 3.63) is 17.8 Å². The smallest absolute Gasteiger partial charge is 0.319 e. The minimum Gasteiger partial charge on any atom is -0.331 e. The van der Waals surface area contributed by atoms with E-state index in [4.69, 9.17) is 5.26 Å². The molecule has 0 aliphatic carbocycles. The van der Waals surface area contributed by atoms with Gasteiger partial charge >= 0.3 is 6.03 Å². The van der Waals surface area contributed by atoms with E-state index in [1.165, 1.54) is 0 Å². The van der Waals surface area contributed by atoms with Crippen molar-refractivity contribution in [2.75, 3.05) is 32.5 Å². The number of nitrogens with zero attached hydrogens (tertiary/aromatic N) is 4. The predicted octanol–water partition coefficient (Wildman–Crippen LogP) is 2.45. The third kappa shape index (κ3) is 4.32. The van der Waals surface area contributed by atoms with Gasteiger partial charge in [0.15, 0.2) is 0 Å². The molecule has 2 rings (SSSR count). The quantitative estimate of drug-likeness (QED) is 0.894. The van der Waals surface area contributed by atoms with E-state index in [-0.39, 0.29) is 23.4 Å². The maximum absolute atomic E-state index is 12.6. The molecule has 0 saturated carbocycles. The predicted molar refractivity (Wildman–Crippen MR) is 96.2 cm³/mol. The van der Waals surface area contributed by atoms with Gasteiger partial charge in [-0.05, 0) is 39.7 Å². The number of likely N-dealkylation sites (tertiary alicyclic amines) is 1. The number of urea groups is 1. The van der Waals surface area contributed by atoms with Crippen LogP contribution in [0.5, 0.6) is 0 Å². The second kappa shape index (κ2) is 7.18. The molecular formula is C18H27N5O2. The molecular weight excluding hydrogens is 318 g/mol. The molecule has 3 amide bonds. The van der Waals surface area contributed by atoms with Crippen LogP contribution in [0.2, 0.25) is 0 Å². The van der Waals surface area contributed by atoms with Crippen LogP contribution in [-0.2, 0) is 10.3 Å². The van der Waals surface area contributed by atoms with Gasteiger partial charge in [0.05, 0.1) is 5.56 Å². The van der Waals surface area contributed by atoms with Crippen molar-refractivity contribution >= 4 is 17.8 Å². The summed E-state index contributed by atoms with van der Waals surface area (Å²) in [7, 11) is 3.46. The highest BCUT2D eigenvalue weighted by atomic mass is 16.2. The summed E-state index contributed by atoms with van der Waals surface area (Å²) in [5.74, 6) is 0.464. The maximum atomic E-state index is 12.6. The highest BCUT2D eigenvalue weighted by molar-refractivity contribution is 5.92. The van der Waals surface area contributed by atoms with Crippen molar-refractivity contribution in [3.8, 4) is 6.07 Å². The molecule has 0 atom stereocenters. The van der Waals surface area contributed by atoms with Crippen molar-refractivity contribution in [2.45, 2.75) is 39.2 Å². The number of hydrogen-bond acceptors (Lipinski definition) is 3. The third-order valence-electron chi connectivity index (χ3n) is 4.44. The molecule has 1 saturated heterocycles. The van der Waals surface area contributed by atoms with Crippen LogP contribution in [0.25, 0.3) is 0 Å². The van der Waals surface area contributed by atoms with Crippen LogP contribution < -0.4 is 5.32 Å². The Bertz CT molecular complexity index is 685. The minimum absolute atomic E-state index is 0.0147. The first kappa shape index (κ1) is 18.8. The summed E-state index contributed by atoms with van der Waals surface area (Å²) in [6.07, 6.45) is 3.05. The lowest BCUT2D eigenvalue weighted by atomic mass is 9.96. The molecule has 0 aromatic carbocycles. The Morgan fingerprint density at radius 3 is 2.36 bits per heavy atom. The Balaban J connectivity index is 2.03. The zero-order valence-electron chi connectivity index (χ0n) is 15.7. The van der Waals surface area contributed by atoms with Crippen molar-refractivity contribution in [1.82, 2.24) is 14.4 Å². The molecule has 0 radical (unpaired) electrons. The van der Waals surface area contributed by atoms with Crippen LogP contribution in [0, 0.1) is 17.2 Å². The van der Waals surface area contributed by atoms with E-state index in [2.05, 4.69) is 11.4 Å². The number of piperidine rings is 1. The molecule has 1 aliphatic rings. The zero-order valence-corrected chi connectivity index (χ0v) is 15.7. The van der Waals surface area contributed by atoms with E-state index in [9.17, 15) is 9.59 Å². The molecule has 136 valence electrons. The van der Waals surface area contributed by atoms with E-state index in [0.29, 0.717) is 37.3 Å². The second-order valence-electron chi connectivity index (χ2n) is 7.69. The highest BCUT2D eigenvalue weighted by Gasteiger charge is 2.29. The van der Waals surface area contributed by atoms with Gasteiger partial charge in [0.2, 0.25) is 5.91 Å². The van der Waals surface area contributed by atoms with Gasteiger partial charge in [-0.1, -0.05) is 0 Å². The Kier molecular flexibility index (Phi) is 5.41. The topological polar surface area (TPSA) is 81.4 Å². The number of carbonyl (C=O) groups excluding carboxylic acids is 2. The monoisotopic (exact) mass is 345 g/mol. The van der Waals surface area contributed by atoms with E-state index in [1.807, 2.05) is 25.3 Å². The molecule has 0 bridgehead atoms. The third-order valence-corrected chi connectivity index (χ3v) is 4.44. The normalized spacial score (nSPS) is 15.6. The second-order valence-corrected chi connectivity index (χ2v) is 7.69. The van der Waals surface area contributed by atoms with Crippen molar-refractivity contribution in [3.63, 3.8) is 0 Å². The Hall–Kier alpha value is -2.49. The van der Waals surface area contributed by atoms with Crippen molar-refractivity contribution < 1.29 is 9.59 Å². The lowest BCUT2D eigenvalue weighted by Crippen LogP contribution is -2.45. The van der Waals surface area contributed by atoms with Crippen molar-refractivity contribution in [2.24, 2.45) is 5.92 Å². The number of anilines is 1. The van der Waals surface area contributed by atoms with Crippen LogP contribution in [0.15, 0.2) is 12.3 Å². The highest BCUT2D eigenvalue weighted by Crippen LogP contribution is 2.26. The summed E-state index contributed by atoms with van der Waals surface area (Å²) in [5, 5.41) is 12.1. The van der Waals surface area contributed by atoms with E-state index < -0.39 is 0 Å². The number of aromatic nitrogens is 1. The molecule has 7 heteroatoms. The summed E-state index contributed by atoms with van der Waals surface area (Å²) >= 11 is 0. The Morgan fingerprint density at radius 1 is 1.28 bits per heavy atom. The number of carbonyl (C=O) groups is 2. The van der Waals surface area contributed by atoms with Crippen LogP contribution in [0.1, 0.15) is 39.2 Å². The van der Waals surface area contributed by atoms with Crippen LogP contribution in [0.4, 0.5) is 10.6 Å². The van der Waals surface area contributed by atoms with Gasteiger partial charge in [-0.3, -0.25) is 4.79 Å². The molecule has 25 heavy (non-hydrogen) atoms. The summed E-state index contributed by atoms with van der Waals surface area (Å²) in [5.41, 5.74) is 0.288. The molecule has 1 aromatic heterocycles. The molecule has 2 heterocycles. The molecule has 1 fully saturated rings. The lowest BCUT2D eigenvalue weighted by Gasteiger charge is -2.33. The fourth-order valence-corrected chi connectivity index (χ4v) is 3.02. The summed E-state index contributed by atoms with van der Waals surface area (Å²) < 4.78 is 1.91. The average molecular weight is 345 g/mol. The number of nitrogens with one attached hydrogen (secondary N) is 1. The molecule has 1 aromatic rings. The number of nitriles is 1. The van der Waals surface area contributed by atoms with Gasteiger partial charge in [-0.25, -0.2) is 4.79 Å². The number of rotatable bonds is 2. The summed E-state index contributed by atoms with van der Waals surface area (Å²) in [6.45, 7) is 7.23. The number of hydrogen-bond donors (Lipinski definition) is 1. The van der Waals surface area contributed by atoms with Crippen LogP contribution >= 0.6 is 0 Å². The first-order chi connectivity index (χ1) is 11.6. The summed E-state index contributed by atoms with van der Waals surface area (Å²) in [6, 6.07) is 3.81. The van der Waals surface area contributed by atoms with E-state index in [1.54, 1.807) is 36.2 Å². The van der Waals surface area contributed by atoms with Gasteiger partial charge in [0.1, 0.15) is 11.9 Å². The first-order valence-corrected chi connectivity index (χ1v) is 8.53. The molecule has 0 unspecified atom stereocenters. The van der Waals surface area contributed by atoms with Gasteiger partial charge < -0.3 is 19.7 Å². The lowest BCUT2D eigenvalue weighted by molar-refractivity contribution is -0.121. The van der Waals surface area contributed by atoms with E-state index >= 15 is 0 Å². The van der Waals surface area contributed by atoms with Gasteiger partial charge in [0.25, 0.3) is 0 Å². The molecule has 1 aliphatic heterocycles. The fraction of sp³-hybridized carbons (Fsp3) is 0.611. The van der Waals surface area contributed by atoms with E-state index in [0.717, 1.165) is 0 Å². The summed E-state index contributed by atoms with van der Waals surface area (Å²) in [4.78, 5) is 27.9. The average Bonchev–Trinajstić information content (AvgIpc) is 2.97. The Morgan fingerprint density at radius 2 is 1.88 bits per heavy atom. The number of amides is 3. The molecule has 7 nitrogen and oxygen atoms in total. The van der Waals surface area contributed by atoms with Crippen LogP contribution in [0.3, 0.4) is 0 Å². The maximum Gasteiger partial charge on any atom is 0.319 e. The largest absolute Gasteiger partial charge is 0.331 e. The molecule has 0 spiro atoms. The molecule has 1 N–H and O–H groups in total. The van der Waals surface area contributed by atoms with Crippen LogP contribution in [-0.4, -0.2) is 53.5 Å². The zero-order chi connectivity index (χ0) is 18.8. The van der Waals surface area contributed by atoms with Crippen molar-refractivity contribution in [1.29, 1.82) is 5.26 Å². The fourth-order valence-electron chi connectivity index (χ4n) is 3.02. The minimum atomic E-state index is -0.237. The van der Waals surface area contributed by atoms with Gasteiger partial charge in [-0.2, -0.15) is 5.26 Å². The first-order valence-electron chi connectivity index (χ1n) is 8.53. The van der Waals surface area contributed by atoms with Gasteiger partial charge in [-0.15, -0.1) is 0 Å². The Labute approximate surface area is 149 Å².